The third-order valence-electron chi connectivity index (χ3n) is 4.95. The summed E-state index contributed by atoms with van der Waals surface area (Å²) < 4.78 is 5.96. The number of carbonyl (C=O) groups is 1. The summed E-state index contributed by atoms with van der Waals surface area (Å²) in [5, 5.41) is 8.09. The summed E-state index contributed by atoms with van der Waals surface area (Å²) in [5.74, 6) is 1.24. The smallest absolute Gasteiger partial charge is 0.275 e. The molecule has 26 heavy (non-hydrogen) atoms. The number of nitrogens with one attached hydrogen (secondary N) is 1. The minimum Gasteiger partial charge on any atom is -0.493 e. The van der Waals surface area contributed by atoms with E-state index in [1.165, 1.54) is 5.56 Å². The molecule has 0 unspecified atom stereocenters. The van der Waals surface area contributed by atoms with Gasteiger partial charge in [0.05, 0.1) is 12.1 Å². The number of amides is 1. The highest BCUT2D eigenvalue weighted by molar-refractivity contribution is 6.04. The Morgan fingerprint density at radius 1 is 1.27 bits per heavy atom. The van der Waals surface area contributed by atoms with Crippen LogP contribution < -0.4 is 4.74 Å². The number of rotatable bonds is 4. The number of aromatic amines is 1. The first-order valence-corrected chi connectivity index (χ1v) is 9.12. The van der Waals surface area contributed by atoms with Gasteiger partial charge in [-0.1, -0.05) is 30.3 Å². The van der Waals surface area contributed by atoms with Crippen molar-refractivity contribution in [1.29, 1.82) is 0 Å². The Balaban J connectivity index is 1.42. The summed E-state index contributed by atoms with van der Waals surface area (Å²) in [5.41, 5.74) is 2.60. The van der Waals surface area contributed by atoms with Gasteiger partial charge in [-0.15, -0.1) is 0 Å². The summed E-state index contributed by atoms with van der Waals surface area (Å²) in [6, 6.07) is 15.8. The molecule has 0 saturated carbocycles. The highest BCUT2D eigenvalue weighted by Gasteiger charge is 2.27. The van der Waals surface area contributed by atoms with E-state index in [4.69, 9.17) is 4.74 Å². The first-order chi connectivity index (χ1) is 12.7. The van der Waals surface area contributed by atoms with Crippen molar-refractivity contribution in [2.45, 2.75) is 19.8 Å². The minimum atomic E-state index is 0.00251. The molecular weight excluding hydrogens is 326 g/mol. The largest absolute Gasteiger partial charge is 0.493 e. The molecule has 2 aromatic carbocycles. The summed E-state index contributed by atoms with van der Waals surface area (Å²) in [7, 11) is 0. The van der Waals surface area contributed by atoms with Crippen LogP contribution in [0.15, 0.2) is 48.5 Å². The second-order valence-corrected chi connectivity index (χ2v) is 7.00. The Labute approximate surface area is 153 Å². The quantitative estimate of drug-likeness (QED) is 0.779. The Morgan fingerprint density at radius 2 is 2.15 bits per heavy atom. The molecule has 2 heterocycles. The molecule has 134 valence electrons. The predicted molar refractivity (Wildman–Crippen MR) is 101 cm³/mol. The number of likely N-dealkylation sites (tertiary alicyclic amines) is 1. The van der Waals surface area contributed by atoms with Crippen LogP contribution in [0.4, 0.5) is 0 Å². The lowest BCUT2D eigenvalue weighted by Gasteiger charge is -2.32. The topological polar surface area (TPSA) is 58.2 Å². The highest BCUT2D eigenvalue weighted by atomic mass is 16.5. The zero-order valence-electron chi connectivity index (χ0n) is 14.9. The molecule has 0 bridgehead atoms. The van der Waals surface area contributed by atoms with Crippen LogP contribution in [0.3, 0.4) is 0 Å². The monoisotopic (exact) mass is 349 g/mol. The van der Waals surface area contributed by atoms with Crippen molar-refractivity contribution >= 4 is 16.8 Å². The zero-order chi connectivity index (χ0) is 17.9. The highest BCUT2D eigenvalue weighted by Crippen LogP contribution is 2.23. The van der Waals surface area contributed by atoms with E-state index in [0.29, 0.717) is 24.8 Å². The van der Waals surface area contributed by atoms with Crippen LogP contribution >= 0.6 is 0 Å². The summed E-state index contributed by atoms with van der Waals surface area (Å²) in [4.78, 5) is 14.9. The van der Waals surface area contributed by atoms with E-state index in [9.17, 15) is 4.79 Å². The van der Waals surface area contributed by atoms with E-state index in [2.05, 4.69) is 23.2 Å². The first-order valence-electron chi connectivity index (χ1n) is 9.12. The second kappa shape index (κ2) is 7.20. The average molecular weight is 349 g/mol. The number of nitrogens with zero attached hydrogens (tertiary/aromatic N) is 2. The first kappa shape index (κ1) is 16.6. The Hall–Kier alpha value is -2.82. The fraction of sp³-hybridized carbons (Fsp3) is 0.333. The van der Waals surface area contributed by atoms with Gasteiger partial charge >= 0.3 is 0 Å². The maximum atomic E-state index is 12.9. The third-order valence-corrected chi connectivity index (χ3v) is 4.95. The Morgan fingerprint density at radius 3 is 3.04 bits per heavy atom. The van der Waals surface area contributed by atoms with Crippen molar-refractivity contribution in [3.63, 3.8) is 0 Å². The number of piperidine rings is 1. The van der Waals surface area contributed by atoms with E-state index in [-0.39, 0.29) is 5.91 Å². The van der Waals surface area contributed by atoms with Gasteiger partial charge in [0.1, 0.15) is 5.75 Å². The lowest BCUT2D eigenvalue weighted by molar-refractivity contribution is 0.0629. The number of fused-ring (bicyclic) bond motifs is 1. The fourth-order valence-electron chi connectivity index (χ4n) is 3.58. The molecule has 4 rings (SSSR count). The van der Waals surface area contributed by atoms with E-state index in [1.807, 2.05) is 47.4 Å². The SMILES string of the molecule is Cc1cccc(OC[C@@H]2CCCN(C(=O)c3n[nH]c4ccccc34)C2)c1. The van der Waals surface area contributed by atoms with Crippen LogP contribution in [0.25, 0.3) is 10.9 Å². The molecule has 0 spiro atoms. The normalized spacial score (nSPS) is 17.4. The Bertz CT molecular complexity index is 918. The number of aryl methyl sites for hydroxylation is 1. The number of hydrogen-bond acceptors (Lipinski definition) is 3. The van der Waals surface area contributed by atoms with Gasteiger partial charge in [0.25, 0.3) is 5.91 Å². The number of ether oxygens (including phenoxy) is 1. The van der Waals surface area contributed by atoms with Gasteiger partial charge in [-0.05, 0) is 43.5 Å². The molecular formula is C21H23N3O2. The number of benzene rings is 2. The van der Waals surface area contributed by atoms with Crippen LogP contribution in [-0.4, -0.2) is 40.7 Å². The lowest BCUT2D eigenvalue weighted by atomic mass is 9.98. The van der Waals surface area contributed by atoms with Gasteiger partial charge in [-0.25, -0.2) is 0 Å². The van der Waals surface area contributed by atoms with Crippen molar-refractivity contribution in [3.05, 3.63) is 59.8 Å². The third kappa shape index (κ3) is 3.43. The van der Waals surface area contributed by atoms with E-state index in [0.717, 1.165) is 36.0 Å². The van der Waals surface area contributed by atoms with Gasteiger partial charge in [0.2, 0.25) is 0 Å². The average Bonchev–Trinajstić information content (AvgIpc) is 3.10. The number of H-pyrrole nitrogens is 1. The molecule has 5 nitrogen and oxygen atoms in total. The maximum absolute atomic E-state index is 12.9. The summed E-state index contributed by atoms with van der Waals surface area (Å²) >= 11 is 0. The van der Waals surface area contributed by atoms with E-state index < -0.39 is 0 Å². The molecule has 1 atom stereocenters. The summed E-state index contributed by atoms with van der Waals surface area (Å²) in [6.45, 7) is 4.18. The molecule has 0 aliphatic carbocycles. The number of carbonyl (C=O) groups excluding carboxylic acids is 1. The van der Waals surface area contributed by atoms with Crippen molar-refractivity contribution in [2.24, 2.45) is 5.92 Å². The summed E-state index contributed by atoms with van der Waals surface area (Å²) in [6.07, 6.45) is 2.08. The van der Waals surface area contributed by atoms with Gasteiger partial charge in [-0.3, -0.25) is 9.89 Å². The number of para-hydroxylation sites is 1. The molecule has 3 aromatic rings. The molecule has 1 fully saturated rings. The van der Waals surface area contributed by atoms with Crippen molar-refractivity contribution in [2.75, 3.05) is 19.7 Å². The van der Waals surface area contributed by atoms with Crippen molar-refractivity contribution in [1.82, 2.24) is 15.1 Å². The van der Waals surface area contributed by atoms with Crippen LogP contribution in [0.1, 0.15) is 28.9 Å². The van der Waals surface area contributed by atoms with Crippen LogP contribution in [0.5, 0.6) is 5.75 Å². The number of aromatic nitrogens is 2. The van der Waals surface area contributed by atoms with Crippen LogP contribution in [0, 0.1) is 12.8 Å². The van der Waals surface area contributed by atoms with E-state index >= 15 is 0 Å². The second-order valence-electron chi connectivity index (χ2n) is 7.00. The molecule has 1 aromatic heterocycles. The number of hydrogen-bond donors (Lipinski definition) is 1. The van der Waals surface area contributed by atoms with Crippen molar-refractivity contribution < 1.29 is 9.53 Å². The Kier molecular flexibility index (Phi) is 4.61. The maximum Gasteiger partial charge on any atom is 0.275 e. The minimum absolute atomic E-state index is 0.00251. The van der Waals surface area contributed by atoms with Crippen LogP contribution in [0.2, 0.25) is 0 Å². The van der Waals surface area contributed by atoms with Gasteiger partial charge in [-0.2, -0.15) is 5.10 Å². The molecule has 1 aliphatic rings. The molecule has 1 aliphatic heterocycles. The zero-order valence-corrected chi connectivity index (χ0v) is 14.9. The molecule has 1 amide bonds. The van der Waals surface area contributed by atoms with Crippen molar-refractivity contribution in [3.8, 4) is 5.75 Å². The molecule has 1 N–H and O–H groups in total. The molecule has 5 heteroatoms. The standard InChI is InChI=1S/C21H23N3O2/c1-15-6-4-8-17(12-15)26-14-16-7-5-11-24(13-16)21(25)20-18-9-2-3-10-19(18)22-23-20/h2-4,6,8-10,12,16H,5,7,11,13-14H2,1H3,(H,22,23)/t16-/m1/s1. The van der Waals surface area contributed by atoms with Gasteiger partial charge < -0.3 is 9.64 Å². The lowest BCUT2D eigenvalue weighted by Crippen LogP contribution is -2.41. The predicted octanol–water partition coefficient (Wildman–Crippen LogP) is 3.80. The van der Waals surface area contributed by atoms with Crippen LogP contribution in [-0.2, 0) is 0 Å². The molecule has 1 saturated heterocycles. The van der Waals surface area contributed by atoms with Gasteiger partial charge in [0, 0.05) is 24.4 Å². The fourth-order valence-corrected chi connectivity index (χ4v) is 3.58. The van der Waals surface area contributed by atoms with E-state index in [1.54, 1.807) is 0 Å². The van der Waals surface area contributed by atoms with Gasteiger partial charge in [0.15, 0.2) is 5.69 Å². The molecule has 0 radical (unpaired) electrons.